The first kappa shape index (κ1) is 73.4. The van der Waals surface area contributed by atoms with Crippen molar-refractivity contribution in [3.05, 3.63) is 122 Å². The molecule has 0 aliphatic rings. The highest BCUT2D eigenvalue weighted by Crippen LogP contribution is 2.43. The number of rotatable bonds is 57. The minimum Gasteiger partial charge on any atom is -0.462 e. The summed E-state index contributed by atoms with van der Waals surface area (Å²) in [6.45, 7) is 3.49. The standard InChI is InChI=1S/C67H114NO8P/c1-3-5-7-9-11-13-15-17-19-21-23-25-27-28-29-30-31-32-33-34-35-36-38-39-41-43-45-47-49-51-53-55-57-59-66(69)73-63-65(64-75-77(71,72)74-62-61-68)76-67(70)60-58-56-54-52-50-48-46-44-42-40-37-26-24-22-20-18-16-14-12-10-8-6-4-2/h5-8,11-14,17-20,23-26,40,42,46,48,65H,3-4,9-10,15-16,21-22,27-39,41,43-45,47,49-64,68H2,1-2H3,(H,71,72)/b7-5-,8-6-,13-11-,14-12-,19-17-,20-18-,25-23-,26-24-,42-40-,48-46-. The summed E-state index contributed by atoms with van der Waals surface area (Å²) in [4.78, 5) is 35.2. The first-order valence-electron chi connectivity index (χ1n) is 31.0. The SMILES string of the molecule is CC/C=C\C/C=C\C/C=C\C/C=C\C/C=C\C/C=C\CCCCCCC(=O)OC(COC(=O)CCCCCCCCCCCCCCCCCCCCCC/C=C\C/C=C\C/C=C\C/C=C\CC)COP(=O)(O)OCCN. The van der Waals surface area contributed by atoms with Gasteiger partial charge in [-0.2, -0.15) is 0 Å². The molecule has 0 aromatic heterocycles. The molecule has 0 spiro atoms. The Kier molecular flexibility index (Phi) is 58.7. The van der Waals surface area contributed by atoms with Gasteiger partial charge in [-0.1, -0.05) is 264 Å². The Bertz CT molecular complexity index is 1670. The number of phosphoric ester groups is 1. The predicted molar refractivity (Wildman–Crippen MR) is 330 cm³/mol. The molecule has 0 radical (unpaired) electrons. The van der Waals surface area contributed by atoms with Crippen LogP contribution in [0.5, 0.6) is 0 Å². The molecule has 9 nitrogen and oxygen atoms in total. The molecule has 0 rings (SSSR count). The molecule has 0 aliphatic carbocycles. The van der Waals surface area contributed by atoms with Gasteiger partial charge in [0.15, 0.2) is 6.10 Å². The van der Waals surface area contributed by atoms with Crippen LogP contribution in [-0.2, 0) is 32.7 Å². The summed E-state index contributed by atoms with van der Waals surface area (Å²) >= 11 is 0. The lowest BCUT2D eigenvalue weighted by Gasteiger charge is -2.19. The van der Waals surface area contributed by atoms with Crippen molar-refractivity contribution in [1.82, 2.24) is 0 Å². The van der Waals surface area contributed by atoms with E-state index < -0.39 is 26.5 Å². The van der Waals surface area contributed by atoms with Gasteiger partial charge in [0.05, 0.1) is 13.2 Å². The summed E-state index contributed by atoms with van der Waals surface area (Å²) < 4.78 is 33.1. The Balaban J connectivity index is 3.95. The Morgan fingerprint density at radius 1 is 0.390 bits per heavy atom. The fourth-order valence-corrected chi connectivity index (χ4v) is 9.10. The largest absolute Gasteiger partial charge is 0.472 e. The fraction of sp³-hybridized carbons (Fsp3) is 0.672. The minimum atomic E-state index is -4.40. The van der Waals surface area contributed by atoms with Crippen molar-refractivity contribution >= 4 is 19.8 Å². The summed E-state index contributed by atoms with van der Waals surface area (Å²) in [5.74, 6) is -0.857. The van der Waals surface area contributed by atoms with Crippen LogP contribution >= 0.6 is 7.82 Å². The molecule has 77 heavy (non-hydrogen) atoms. The first-order valence-corrected chi connectivity index (χ1v) is 32.5. The third kappa shape index (κ3) is 61.5. The van der Waals surface area contributed by atoms with E-state index in [0.717, 1.165) is 109 Å². The van der Waals surface area contributed by atoms with Gasteiger partial charge < -0.3 is 20.1 Å². The highest BCUT2D eigenvalue weighted by atomic mass is 31.2. The second-order valence-corrected chi connectivity index (χ2v) is 21.6. The maximum absolute atomic E-state index is 12.7. The number of ether oxygens (including phenoxy) is 2. The maximum Gasteiger partial charge on any atom is 0.472 e. The number of hydrogen-bond acceptors (Lipinski definition) is 8. The molecule has 0 saturated carbocycles. The number of allylic oxidation sites excluding steroid dienone is 20. The summed E-state index contributed by atoms with van der Waals surface area (Å²) in [5, 5.41) is 0. The van der Waals surface area contributed by atoms with Crippen molar-refractivity contribution in [2.45, 2.75) is 264 Å². The second-order valence-electron chi connectivity index (χ2n) is 20.2. The minimum absolute atomic E-state index is 0.0439. The van der Waals surface area contributed by atoms with Crippen molar-refractivity contribution in [3.63, 3.8) is 0 Å². The molecule has 0 saturated heterocycles. The summed E-state index contributed by atoms with van der Waals surface area (Å²) in [7, 11) is -4.40. The quantitative estimate of drug-likeness (QED) is 0.0264. The molecule has 0 aliphatic heterocycles. The highest BCUT2D eigenvalue weighted by Gasteiger charge is 2.26. The van der Waals surface area contributed by atoms with Gasteiger partial charge in [-0.25, -0.2) is 4.57 Å². The van der Waals surface area contributed by atoms with E-state index in [1.54, 1.807) is 0 Å². The van der Waals surface area contributed by atoms with E-state index in [9.17, 15) is 19.0 Å². The molecule has 2 atom stereocenters. The van der Waals surface area contributed by atoms with E-state index >= 15 is 0 Å². The molecule has 0 bridgehead atoms. The van der Waals surface area contributed by atoms with Gasteiger partial charge in [0, 0.05) is 19.4 Å². The molecule has 0 heterocycles. The number of esters is 2. The van der Waals surface area contributed by atoms with Crippen LogP contribution in [0.4, 0.5) is 0 Å². The van der Waals surface area contributed by atoms with Crippen molar-refractivity contribution in [3.8, 4) is 0 Å². The van der Waals surface area contributed by atoms with Gasteiger partial charge in [-0.05, 0) is 103 Å². The lowest BCUT2D eigenvalue weighted by atomic mass is 10.0. The zero-order valence-corrected chi connectivity index (χ0v) is 50.0. The molecule has 0 aromatic carbocycles. The van der Waals surface area contributed by atoms with Crippen LogP contribution in [0.25, 0.3) is 0 Å². The van der Waals surface area contributed by atoms with E-state index in [2.05, 4.69) is 135 Å². The predicted octanol–water partition coefficient (Wildman–Crippen LogP) is 20.0. The van der Waals surface area contributed by atoms with Gasteiger partial charge in [0.1, 0.15) is 6.61 Å². The monoisotopic (exact) mass is 1090 g/mol. The highest BCUT2D eigenvalue weighted by molar-refractivity contribution is 7.47. The van der Waals surface area contributed by atoms with Gasteiger partial charge in [-0.15, -0.1) is 0 Å². The van der Waals surface area contributed by atoms with E-state index in [4.69, 9.17) is 24.3 Å². The summed E-state index contributed by atoms with van der Waals surface area (Å²) in [5.41, 5.74) is 5.39. The molecule has 3 N–H and O–H groups in total. The van der Waals surface area contributed by atoms with Crippen LogP contribution in [0.1, 0.15) is 258 Å². The number of unbranched alkanes of at least 4 members (excludes halogenated alkanes) is 24. The molecule has 10 heteroatoms. The van der Waals surface area contributed by atoms with Gasteiger partial charge in [-0.3, -0.25) is 18.6 Å². The molecule has 2 unspecified atom stereocenters. The van der Waals surface area contributed by atoms with Crippen LogP contribution in [0.2, 0.25) is 0 Å². The Hall–Kier alpha value is -3.59. The lowest BCUT2D eigenvalue weighted by Crippen LogP contribution is -2.29. The summed E-state index contributed by atoms with van der Waals surface area (Å²) in [6, 6.07) is 0. The molecule has 440 valence electrons. The van der Waals surface area contributed by atoms with E-state index in [-0.39, 0.29) is 38.6 Å². The first-order chi connectivity index (χ1) is 37.8. The number of phosphoric acid groups is 1. The van der Waals surface area contributed by atoms with Crippen LogP contribution < -0.4 is 5.73 Å². The van der Waals surface area contributed by atoms with Crippen LogP contribution in [-0.4, -0.2) is 49.3 Å². The van der Waals surface area contributed by atoms with E-state index in [1.807, 2.05) is 0 Å². The number of carbonyl (C=O) groups is 2. The van der Waals surface area contributed by atoms with Crippen molar-refractivity contribution < 1.29 is 37.6 Å². The van der Waals surface area contributed by atoms with E-state index in [0.29, 0.717) is 6.42 Å². The Labute approximate surface area is 472 Å². The smallest absolute Gasteiger partial charge is 0.462 e. The molecular weight excluding hydrogens is 978 g/mol. The third-order valence-electron chi connectivity index (χ3n) is 12.8. The van der Waals surface area contributed by atoms with E-state index in [1.165, 1.54) is 116 Å². The van der Waals surface area contributed by atoms with Crippen molar-refractivity contribution in [2.75, 3.05) is 26.4 Å². The average Bonchev–Trinajstić information content (AvgIpc) is 3.42. The molecule has 0 aromatic rings. The zero-order valence-electron chi connectivity index (χ0n) is 49.2. The number of nitrogens with two attached hydrogens (primary N) is 1. The Morgan fingerprint density at radius 3 is 1.00 bits per heavy atom. The van der Waals surface area contributed by atoms with Crippen LogP contribution in [0, 0.1) is 0 Å². The Morgan fingerprint density at radius 2 is 0.675 bits per heavy atom. The van der Waals surface area contributed by atoms with Gasteiger partial charge in [0.2, 0.25) is 0 Å². The zero-order chi connectivity index (χ0) is 55.9. The normalized spacial score (nSPS) is 13.9. The molecule has 0 fully saturated rings. The molecule has 0 amide bonds. The number of hydrogen-bond donors (Lipinski definition) is 2. The van der Waals surface area contributed by atoms with Crippen LogP contribution in [0.3, 0.4) is 0 Å². The fourth-order valence-electron chi connectivity index (χ4n) is 8.34. The van der Waals surface area contributed by atoms with Crippen LogP contribution in [0.15, 0.2) is 122 Å². The van der Waals surface area contributed by atoms with Gasteiger partial charge in [0.25, 0.3) is 0 Å². The maximum atomic E-state index is 12.7. The average molecular weight is 1090 g/mol. The topological polar surface area (TPSA) is 134 Å². The number of carbonyl (C=O) groups excluding carboxylic acids is 2. The van der Waals surface area contributed by atoms with Gasteiger partial charge >= 0.3 is 19.8 Å². The van der Waals surface area contributed by atoms with Crippen molar-refractivity contribution in [2.24, 2.45) is 5.73 Å². The summed E-state index contributed by atoms with van der Waals surface area (Å²) in [6.07, 6.45) is 85.6. The molecular formula is C67H114NO8P. The van der Waals surface area contributed by atoms with Crippen molar-refractivity contribution in [1.29, 1.82) is 0 Å². The second kappa shape index (κ2) is 61.6. The third-order valence-corrected chi connectivity index (χ3v) is 13.8. The lowest BCUT2D eigenvalue weighted by molar-refractivity contribution is -0.161.